The number of nitro groups is 1. The van der Waals surface area contributed by atoms with Crippen molar-refractivity contribution in [3.8, 4) is 6.19 Å². The summed E-state index contributed by atoms with van der Waals surface area (Å²) < 4.78 is 13.2. The van der Waals surface area contributed by atoms with Crippen molar-refractivity contribution in [3.63, 3.8) is 0 Å². The molecule has 0 radical (unpaired) electrons. The highest BCUT2D eigenvalue weighted by atomic mass is 35.5. The molecule has 0 saturated heterocycles. The summed E-state index contributed by atoms with van der Waals surface area (Å²) >= 11 is 6.67. The van der Waals surface area contributed by atoms with Gasteiger partial charge in [0.2, 0.25) is 0 Å². The molecule has 18 heavy (non-hydrogen) atoms. The number of benzene rings is 1. The van der Waals surface area contributed by atoms with Crippen LogP contribution < -0.4 is 5.32 Å². The Bertz CT molecular complexity index is 558. The van der Waals surface area contributed by atoms with E-state index in [1.54, 1.807) is 12.4 Å². The third-order valence-corrected chi connectivity index (χ3v) is 2.75. The minimum absolute atomic E-state index is 0.0769. The highest BCUT2D eigenvalue weighted by molar-refractivity contribution is 8.13. The fourth-order valence-corrected chi connectivity index (χ4v) is 1.59. The summed E-state index contributed by atoms with van der Waals surface area (Å²) in [5, 5.41) is 21.1. The Morgan fingerprint density at radius 2 is 2.39 bits per heavy atom. The maximum Gasteiger partial charge on any atom is 0.296 e. The van der Waals surface area contributed by atoms with Crippen LogP contribution in [0.15, 0.2) is 17.1 Å². The first-order valence-corrected chi connectivity index (χ1v) is 6.01. The standard InChI is InChI=1S/C9H6ClFN4O2S/c1-18-9(13-4-12)14-8-6(15(16)17)3-2-5(11)7(8)10/h2-3H,1H3,(H,13,14). The van der Waals surface area contributed by atoms with E-state index in [1.807, 2.05) is 0 Å². The van der Waals surface area contributed by atoms with Crippen LogP contribution in [0.1, 0.15) is 0 Å². The van der Waals surface area contributed by atoms with Gasteiger partial charge in [-0.1, -0.05) is 23.4 Å². The number of thioether (sulfide) groups is 1. The molecule has 0 saturated carbocycles. The van der Waals surface area contributed by atoms with Gasteiger partial charge in [-0.25, -0.2) is 9.38 Å². The summed E-state index contributed by atoms with van der Waals surface area (Å²) in [6.07, 6.45) is 3.21. The molecule has 0 aromatic heterocycles. The van der Waals surface area contributed by atoms with E-state index in [9.17, 15) is 14.5 Å². The maximum atomic E-state index is 13.2. The zero-order valence-electron chi connectivity index (χ0n) is 8.98. The average Bonchev–Trinajstić information content (AvgIpc) is 2.33. The smallest absolute Gasteiger partial charge is 0.271 e. The second-order valence-corrected chi connectivity index (χ2v) is 4.02. The largest absolute Gasteiger partial charge is 0.296 e. The lowest BCUT2D eigenvalue weighted by molar-refractivity contribution is -0.384. The van der Waals surface area contributed by atoms with Gasteiger partial charge in [0.05, 0.1) is 4.92 Å². The van der Waals surface area contributed by atoms with E-state index in [4.69, 9.17) is 16.9 Å². The van der Waals surface area contributed by atoms with E-state index < -0.39 is 21.5 Å². The van der Waals surface area contributed by atoms with E-state index in [-0.39, 0.29) is 10.9 Å². The highest BCUT2D eigenvalue weighted by Gasteiger charge is 2.20. The van der Waals surface area contributed by atoms with Crippen molar-refractivity contribution in [1.29, 1.82) is 5.26 Å². The molecular formula is C9H6ClFN4O2S. The third kappa shape index (κ3) is 3.09. The summed E-state index contributed by atoms with van der Waals surface area (Å²) in [5.41, 5.74) is -0.763. The molecule has 0 bridgehead atoms. The number of hydrogen-bond acceptors (Lipinski definition) is 5. The summed E-state index contributed by atoms with van der Waals surface area (Å²) in [6, 6.07) is 1.85. The minimum atomic E-state index is -0.821. The first-order valence-electron chi connectivity index (χ1n) is 4.41. The van der Waals surface area contributed by atoms with Gasteiger partial charge in [-0.05, 0) is 12.3 Å². The lowest BCUT2D eigenvalue weighted by Gasteiger charge is -2.03. The Kier molecular flexibility index (Phi) is 4.88. The molecule has 0 fully saturated rings. The molecule has 1 N–H and O–H groups in total. The molecule has 9 heteroatoms. The molecule has 0 heterocycles. The predicted molar refractivity (Wildman–Crippen MR) is 67.4 cm³/mol. The summed E-state index contributed by atoms with van der Waals surface area (Å²) in [7, 11) is 0. The molecule has 0 aliphatic rings. The maximum absolute atomic E-state index is 13.2. The monoisotopic (exact) mass is 288 g/mol. The molecule has 1 rings (SSSR count). The normalized spacial score (nSPS) is 10.9. The molecule has 0 amide bonds. The molecule has 1 aromatic rings. The van der Waals surface area contributed by atoms with E-state index in [1.165, 1.54) is 0 Å². The first kappa shape index (κ1) is 14.2. The van der Waals surface area contributed by atoms with Crippen molar-refractivity contribution in [2.24, 2.45) is 4.99 Å². The van der Waals surface area contributed by atoms with Crippen molar-refractivity contribution in [2.45, 2.75) is 0 Å². The van der Waals surface area contributed by atoms with Crippen LogP contribution in [0.2, 0.25) is 5.02 Å². The second kappa shape index (κ2) is 6.18. The molecule has 94 valence electrons. The second-order valence-electron chi connectivity index (χ2n) is 2.84. The van der Waals surface area contributed by atoms with Crippen LogP contribution in [0.5, 0.6) is 0 Å². The molecule has 0 atom stereocenters. The predicted octanol–water partition coefficient (Wildman–Crippen LogP) is 2.81. The number of aliphatic imine (C=N–C) groups is 1. The molecular weight excluding hydrogens is 283 g/mol. The summed E-state index contributed by atoms with van der Waals surface area (Å²) in [4.78, 5) is 13.8. The zero-order chi connectivity index (χ0) is 13.7. The fraction of sp³-hybridized carbons (Fsp3) is 0.111. The van der Waals surface area contributed by atoms with Crippen molar-refractivity contribution < 1.29 is 9.31 Å². The first-order chi connectivity index (χ1) is 8.51. The van der Waals surface area contributed by atoms with Crippen LogP contribution in [-0.2, 0) is 0 Å². The average molecular weight is 289 g/mol. The molecule has 0 aliphatic heterocycles. The summed E-state index contributed by atoms with van der Waals surface area (Å²) in [6.45, 7) is 0. The Labute approximate surface area is 111 Å². The van der Waals surface area contributed by atoms with Crippen LogP contribution in [-0.4, -0.2) is 16.3 Å². The number of nitro benzene ring substituents is 1. The summed E-state index contributed by atoms with van der Waals surface area (Å²) in [5.74, 6) is -0.821. The van der Waals surface area contributed by atoms with Gasteiger partial charge in [0.25, 0.3) is 5.69 Å². The highest BCUT2D eigenvalue weighted by Crippen LogP contribution is 2.37. The van der Waals surface area contributed by atoms with Crippen molar-refractivity contribution in [1.82, 2.24) is 5.32 Å². The van der Waals surface area contributed by atoms with Gasteiger partial charge in [0.1, 0.15) is 10.8 Å². The van der Waals surface area contributed by atoms with Crippen LogP contribution in [0.3, 0.4) is 0 Å². The quantitative estimate of drug-likeness (QED) is 0.226. The lowest BCUT2D eigenvalue weighted by Crippen LogP contribution is -2.12. The van der Waals surface area contributed by atoms with Gasteiger partial charge in [-0.2, -0.15) is 5.26 Å². The Morgan fingerprint density at radius 1 is 1.72 bits per heavy atom. The Balaban J connectivity index is 3.42. The fourth-order valence-electron chi connectivity index (χ4n) is 1.06. The van der Waals surface area contributed by atoms with Gasteiger partial charge in [0.15, 0.2) is 17.0 Å². The van der Waals surface area contributed by atoms with Crippen molar-refractivity contribution in [2.75, 3.05) is 6.26 Å². The SMILES string of the molecule is CSC(=Nc1c([N+](=O)[O-])ccc(F)c1Cl)NC#N. The van der Waals surface area contributed by atoms with Gasteiger partial charge < -0.3 is 0 Å². The number of rotatable bonds is 2. The Morgan fingerprint density at radius 3 is 2.89 bits per heavy atom. The third-order valence-electron chi connectivity index (χ3n) is 1.81. The molecule has 1 aromatic carbocycles. The number of amidine groups is 1. The van der Waals surface area contributed by atoms with E-state index in [0.29, 0.717) is 0 Å². The Hall–Kier alpha value is -1.85. The van der Waals surface area contributed by atoms with Gasteiger partial charge >= 0.3 is 0 Å². The topological polar surface area (TPSA) is 91.3 Å². The molecule has 0 aliphatic carbocycles. The van der Waals surface area contributed by atoms with Crippen LogP contribution >= 0.6 is 23.4 Å². The van der Waals surface area contributed by atoms with Crippen LogP contribution in [0.25, 0.3) is 0 Å². The number of halogens is 2. The van der Waals surface area contributed by atoms with Crippen LogP contribution in [0, 0.1) is 27.4 Å². The van der Waals surface area contributed by atoms with Crippen LogP contribution in [0.4, 0.5) is 15.8 Å². The minimum Gasteiger partial charge on any atom is -0.271 e. The van der Waals surface area contributed by atoms with E-state index in [0.717, 1.165) is 23.9 Å². The molecule has 6 nitrogen and oxygen atoms in total. The van der Waals surface area contributed by atoms with E-state index in [2.05, 4.69) is 10.3 Å². The number of nitrogens with zero attached hydrogens (tertiary/aromatic N) is 3. The van der Waals surface area contributed by atoms with Gasteiger partial charge in [-0.3, -0.25) is 15.4 Å². The van der Waals surface area contributed by atoms with E-state index >= 15 is 0 Å². The number of nitriles is 1. The lowest BCUT2D eigenvalue weighted by atomic mass is 10.2. The number of hydrogen-bond donors (Lipinski definition) is 1. The van der Waals surface area contributed by atoms with Crippen molar-refractivity contribution >= 4 is 39.9 Å². The molecule has 0 spiro atoms. The van der Waals surface area contributed by atoms with Gasteiger partial charge in [0, 0.05) is 6.07 Å². The van der Waals surface area contributed by atoms with Crippen molar-refractivity contribution in [3.05, 3.63) is 33.1 Å². The van der Waals surface area contributed by atoms with Gasteiger partial charge in [-0.15, -0.1) is 0 Å². The zero-order valence-corrected chi connectivity index (χ0v) is 10.5. The molecule has 0 unspecified atom stereocenters. The number of nitrogens with one attached hydrogen (secondary N) is 1.